The molecule has 0 bridgehead atoms. The molecule has 1 rings (SSSR count). The van der Waals surface area contributed by atoms with Crippen molar-refractivity contribution in [2.75, 3.05) is 32.2 Å². The number of amides is 1. The van der Waals surface area contributed by atoms with Crippen molar-refractivity contribution in [2.24, 2.45) is 0 Å². The molecule has 1 N–H and O–H groups in total. The summed E-state index contributed by atoms with van der Waals surface area (Å²) in [6, 6.07) is 7.31. The SMILES string of the molecule is CCCC[C@](C)(OCC)C(=O)Nc1ccc(OCCOC)cc1. The maximum atomic E-state index is 12.5. The summed E-state index contributed by atoms with van der Waals surface area (Å²) in [5.74, 6) is 0.638. The van der Waals surface area contributed by atoms with Crippen molar-refractivity contribution in [3.05, 3.63) is 24.3 Å². The van der Waals surface area contributed by atoms with Crippen molar-refractivity contribution in [2.45, 2.75) is 45.6 Å². The maximum Gasteiger partial charge on any atom is 0.256 e. The van der Waals surface area contributed by atoms with Crippen LogP contribution >= 0.6 is 0 Å². The fourth-order valence-corrected chi connectivity index (χ4v) is 2.22. The number of unbranched alkanes of at least 4 members (excludes halogenated alkanes) is 1. The Morgan fingerprint density at radius 1 is 1.17 bits per heavy atom. The van der Waals surface area contributed by atoms with Crippen molar-refractivity contribution in [1.29, 1.82) is 0 Å². The van der Waals surface area contributed by atoms with Crippen LogP contribution in [0.5, 0.6) is 5.75 Å². The fourth-order valence-electron chi connectivity index (χ4n) is 2.22. The highest BCUT2D eigenvalue weighted by molar-refractivity contribution is 5.97. The number of anilines is 1. The minimum atomic E-state index is -0.793. The Balaban J connectivity index is 2.63. The Morgan fingerprint density at radius 3 is 2.43 bits per heavy atom. The predicted octanol–water partition coefficient (Wildman–Crippen LogP) is 3.64. The van der Waals surface area contributed by atoms with Crippen molar-refractivity contribution in [3.8, 4) is 5.75 Å². The highest BCUT2D eigenvalue weighted by atomic mass is 16.5. The largest absolute Gasteiger partial charge is 0.491 e. The first kappa shape index (κ1) is 19.5. The fraction of sp³-hybridized carbons (Fsp3) is 0.611. The summed E-state index contributed by atoms with van der Waals surface area (Å²) < 4.78 is 16.1. The van der Waals surface area contributed by atoms with Crippen LogP contribution in [-0.4, -0.2) is 38.4 Å². The van der Waals surface area contributed by atoms with Gasteiger partial charge in [-0.25, -0.2) is 0 Å². The van der Waals surface area contributed by atoms with Crippen molar-refractivity contribution in [1.82, 2.24) is 0 Å². The van der Waals surface area contributed by atoms with Crippen LogP contribution in [0, 0.1) is 0 Å². The zero-order valence-electron chi connectivity index (χ0n) is 14.7. The molecule has 0 saturated carbocycles. The van der Waals surface area contributed by atoms with Crippen molar-refractivity contribution < 1.29 is 19.0 Å². The number of ether oxygens (including phenoxy) is 3. The standard InChI is InChI=1S/C18H29NO4/c1-5-7-12-18(3,23-6-2)17(20)19-15-8-10-16(11-9-15)22-14-13-21-4/h8-11H,5-7,12-14H2,1-4H3,(H,19,20)/t18-/m0/s1. The van der Waals surface area contributed by atoms with Gasteiger partial charge in [-0.05, 0) is 44.5 Å². The molecule has 0 aliphatic rings. The zero-order chi connectivity index (χ0) is 17.1. The number of benzene rings is 1. The van der Waals surface area contributed by atoms with Gasteiger partial charge in [-0.15, -0.1) is 0 Å². The van der Waals surface area contributed by atoms with E-state index in [0.29, 0.717) is 26.2 Å². The van der Waals surface area contributed by atoms with Crippen LogP contribution < -0.4 is 10.1 Å². The topological polar surface area (TPSA) is 56.8 Å². The van der Waals surface area contributed by atoms with Gasteiger partial charge in [0, 0.05) is 19.4 Å². The van der Waals surface area contributed by atoms with Gasteiger partial charge in [0.15, 0.2) is 0 Å². The average molecular weight is 323 g/mol. The monoisotopic (exact) mass is 323 g/mol. The molecule has 0 aliphatic heterocycles. The number of methoxy groups -OCH3 is 1. The molecule has 5 nitrogen and oxygen atoms in total. The van der Waals surface area contributed by atoms with Crippen LogP contribution in [0.2, 0.25) is 0 Å². The Bertz CT molecular complexity index is 461. The van der Waals surface area contributed by atoms with Gasteiger partial charge >= 0.3 is 0 Å². The lowest BCUT2D eigenvalue weighted by atomic mass is 9.97. The lowest BCUT2D eigenvalue weighted by molar-refractivity contribution is -0.139. The number of hydrogen-bond donors (Lipinski definition) is 1. The molecule has 0 fully saturated rings. The molecule has 1 aromatic rings. The van der Waals surface area contributed by atoms with E-state index in [-0.39, 0.29) is 5.91 Å². The molecule has 1 atom stereocenters. The normalized spacial score (nSPS) is 13.4. The molecule has 5 heteroatoms. The number of carbonyl (C=O) groups excluding carboxylic acids is 1. The maximum absolute atomic E-state index is 12.5. The van der Waals surface area contributed by atoms with Crippen molar-refractivity contribution in [3.63, 3.8) is 0 Å². The summed E-state index contributed by atoms with van der Waals surface area (Å²) in [4.78, 5) is 12.5. The van der Waals surface area contributed by atoms with E-state index in [9.17, 15) is 4.79 Å². The molecule has 0 radical (unpaired) electrons. The molecular weight excluding hydrogens is 294 g/mol. The highest BCUT2D eigenvalue weighted by Gasteiger charge is 2.33. The van der Waals surface area contributed by atoms with E-state index in [4.69, 9.17) is 14.2 Å². The molecular formula is C18H29NO4. The second kappa shape index (κ2) is 10.2. The van der Waals surface area contributed by atoms with Gasteiger partial charge < -0.3 is 19.5 Å². The van der Waals surface area contributed by atoms with E-state index in [2.05, 4.69) is 12.2 Å². The summed E-state index contributed by atoms with van der Waals surface area (Å²) in [6.45, 7) is 7.42. The third-order valence-corrected chi connectivity index (χ3v) is 3.62. The Kier molecular flexibility index (Phi) is 8.66. The minimum Gasteiger partial charge on any atom is -0.491 e. The van der Waals surface area contributed by atoms with Crippen LogP contribution in [0.25, 0.3) is 0 Å². The van der Waals surface area contributed by atoms with Gasteiger partial charge in [0.1, 0.15) is 18.0 Å². The molecule has 23 heavy (non-hydrogen) atoms. The summed E-state index contributed by atoms with van der Waals surface area (Å²) in [5.41, 5.74) is -0.0604. The predicted molar refractivity (Wildman–Crippen MR) is 92.0 cm³/mol. The number of nitrogens with one attached hydrogen (secondary N) is 1. The first-order valence-electron chi connectivity index (χ1n) is 8.23. The van der Waals surface area contributed by atoms with E-state index in [1.54, 1.807) is 7.11 Å². The third-order valence-electron chi connectivity index (χ3n) is 3.62. The molecule has 0 saturated heterocycles. The number of carbonyl (C=O) groups is 1. The van der Waals surface area contributed by atoms with E-state index < -0.39 is 5.60 Å². The summed E-state index contributed by atoms with van der Waals surface area (Å²) in [7, 11) is 1.63. The molecule has 0 aromatic heterocycles. The second-order valence-electron chi connectivity index (χ2n) is 5.59. The first-order valence-corrected chi connectivity index (χ1v) is 8.23. The van der Waals surface area contributed by atoms with Gasteiger partial charge in [-0.1, -0.05) is 19.8 Å². The number of hydrogen-bond acceptors (Lipinski definition) is 4. The van der Waals surface area contributed by atoms with Gasteiger partial charge in [0.05, 0.1) is 6.61 Å². The average Bonchev–Trinajstić information content (AvgIpc) is 2.55. The van der Waals surface area contributed by atoms with Crippen LogP contribution in [0.4, 0.5) is 5.69 Å². The Morgan fingerprint density at radius 2 is 1.87 bits per heavy atom. The molecule has 1 aromatic carbocycles. The molecule has 0 aliphatic carbocycles. The molecule has 1 amide bonds. The summed E-state index contributed by atoms with van der Waals surface area (Å²) in [5, 5.41) is 2.93. The Hall–Kier alpha value is -1.59. The highest BCUT2D eigenvalue weighted by Crippen LogP contribution is 2.22. The smallest absolute Gasteiger partial charge is 0.256 e. The zero-order valence-corrected chi connectivity index (χ0v) is 14.7. The van der Waals surface area contributed by atoms with Crippen LogP contribution in [0.3, 0.4) is 0 Å². The van der Waals surface area contributed by atoms with Gasteiger partial charge in [0.2, 0.25) is 0 Å². The van der Waals surface area contributed by atoms with Gasteiger partial charge in [-0.2, -0.15) is 0 Å². The summed E-state index contributed by atoms with van der Waals surface area (Å²) in [6.07, 6.45) is 2.70. The first-order chi connectivity index (χ1) is 11.1. The van der Waals surface area contributed by atoms with Crippen LogP contribution in [0.1, 0.15) is 40.0 Å². The molecule has 0 spiro atoms. The summed E-state index contributed by atoms with van der Waals surface area (Å²) >= 11 is 0. The van der Waals surface area contributed by atoms with Crippen molar-refractivity contribution >= 4 is 11.6 Å². The van der Waals surface area contributed by atoms with Crippen LogP contribution in [0.15, 0.2) is 24.3 Å². The van der Waals surface area contributed by atoms with Gasteiger partial charge in [-0.3, -0.25) is 4.79 Å². The van der Waals surface area contributed by atoms with Crippen LogP contribution in [-0.2, 0) is 14.3 Å². The van der Waals surface area contributed by atoms with E-state index in [0.717, 1.165) is 24.3 Å². The second-order valence-corrected chi connectivity index (χ2v) is 5.59. The lowest BCUT2D eigenvalue weighted by Gasteiger charge is -2.28. The molecule has 0 heterocycles. The van der Waals surface area contributed by atoms with E-state index in [1.807, 2.05) is 38.1 Å². The number of rotatable bonds is 11. The Labute approximate surface area is 139 Å². The molecule has 130 valence electrons. The minimum absolute atomic E-state index is 0.110. The third kappa shape index (κ3) is 6.59. The lowest BCUT2D eigenvalue weighted by Crippen LogP contribution is -2.42. The quantitative estimate of drug-likeness (QED) is 0.632. The van der Waals surface area contributed by atoms with E-state index >= 15 is 0 Å². The van der Waals surface area contributed by atoms with Gasteiger partial charge in [0.25, 0.3) is 5.91 Å². The molecule has 0 unspecified atom stereocenters. The van der Waals surface area contributed by atoms with E-state index in [1.165, 1.54) is 0 Å².